The lowest BCUT2D eigenvalue weighted by molar-refractivity contribution is -0.117. The van der Waals surface area contributed by atoms with E-state index in [9.17, 15) is 9.59 Å². The Labute approximate surface area is 153 Å². The number of amides is 2. The summed E-state index contributed by atoms with van der Waals surface area (Å²) < 4.78 is 5.39. The smallest absolute Gasteiger partial charge is 0.253 e. The Kier molecular flexibility index (Phi) is 4.75. The topological polar surface area (TPSA) is 57.0 Å². The highest BCUT2D eigenvalue weighted by Crippen LogP contribution is 2.22. The second-order valence-electron chi connectivity index (χ2n) is 6.84. The van der Waals surface area contributed by atoms with Crippen molar-refractivity contribution in [1.82, 2.24) is 9.80 Å². The second-order valence-corrected chi connectivity index (χ2v) is 6.84. The van der Waals surface area contributed by atoms with E-state index in [1.54, 1.807) is 11.2 Å². The molecule has 2 aliphatic heterocycles. The number of piperazine rings is 1. The largest absolute Gasteiger partial charge is 0.468 e. The molecule has 4 rings (SSSR count). The van der Waals surface area contributed by atoms with Crippen LogP contribution in [0.3, 0.4) is 0 Å². The molecule has 0 unspecified atom stereocenters. The van der Waals surface area contributed by atoms with E-state index in [1.807, 2.05) is 41.3 Å². The van der Waals surface area contributed by atoms with Crippen molar-refractivity contribution in [3.63, 3.8) is 0 Å². The highest BCUT2D eigenvalue weighted by Gasteiger charge is 2.24. The SMILES string of the molecule is O=C(c1ccc(N2CCCC2=O)cc1)N1CCN(Cc2ccco2)CC1. The van der Waals surface area contributed by atoms with Gasteiger partial charge < -0.3 is 14.2 Å². The third kappa shape index (κ3) is 3.51. The molecule has 6 nitrogen and oxygen atoms in total. The van der Waals surface area contributed by atoms with E-state index in [1.165, 1.54) is 0 Å². The fourth-order valence-corrected chi connectivity index (χ4v) is 3.62. The van der Waals surface area contributed by atoms with Gasteiger partial charge in [-0.15, -0.1) is 0 Å². The van der Waals surface area contributed by atoms with Crippen LogP contribution in [0.5, 0.6) is 0 Å². The minimum absolute atomic E-state index is 0.0574. The van der Waals surface area contributed by atoms with Gasteiger partial charge in [-0.05, 0) is 42.8 Å². The van der Waals surface area contributed by atoms with Gasteiger partial charge in [-0.3, -0.25) is 14.5 Å². The van der Waals surface area contributed by atoms with Gasteiger partial charge in [0.1, 0.15) is 5.76 Å². The summed E-state index contributed by atoms with van der Waals surface area (Å²) in [6.07, 6.45) is 3.21. The summed E-state index contributed by atoms with van der Waals surface area (Å²) in [6.45, 7) is 4.66. The van der Waals surface area contributed by atoms with Crippen LogP contribution in [0.1, 0.15) is 29.0 Å². The molecule has 2 fully saturated rings. The van der Waals surface area contributed by atoms with Crippen molar-refractivity contribution in [2.24, 2.45) is 0 Å². The molecule has 136 valence electrons. The minimum Gasteiger partial charge on any atom is -0.468 e. The third-order valence-corrected chi connectivity index (χ3v) is 5.12. The third-order valence-electron chi connectivity index (χ3n) is 5.12. The van der Waals surface area contributed by atoms with Gasteiger partial charge >= 0.3 is 0 Å². The van der Waals surface area contributed by atoms with Crippen molar-refractivity contribution in [3.8, 4) is 0 Å². The second kappa shape index (κ2) is 7.33. The number of anilines is 1. The average molecular weight is 353 g/mol. The highest BCUT2D eigenvalue weighted by atomic mass is 16.3. The number of rotatable bonds is 4. The Morgan fingerprint density at radius 1 is 1.00 bits per heavy atom. The zero-order chi connectivity index (χ0) is 17.9. The molecule has 0 atom stereocenters. The molecule has 0 aliphatic carbocycles. The molecule has 3 heterocycles. The molecule has 2 aromatic rings. The Morgan fingerprint density at radius 2 is 1.77 bits per heavy atom. The highest BCUT2D eigenvalue weighted by molar-refractivity contribution is 5.97. The first-order valence-corrected chi connectivity index (χ1v) is 9.15. The van der Waals surface area contributed by atoms with E-state index >= 15 is 0 Å². The summed E-state index contributed by atoms with van der Waals surface area (Å²) in [6, 6.07) is 11.3. The lowest BCUT2D eigenvalue weighted by Crippen LogP contribution is -2.48. The molecular weight excluding hydrogens is 330 g/mol. The first-order valence-electron chi connectivity index (χ1n) is 9.15. The van der Waals surface area contributed by atoms with Crippen LogP contribution in [0.2, 0.25) is 0 Å². The van der Waals surface area contributed by atoms with Gasteiger partial charge in [0.15, 0.2) is 0 Å². The van der Waals surface area contributed by atoms with E-state index in [2.05, 4.69) is 4.90 Å². The van der Waals surface area contributed by atoms with E-state index in [-0.39, 0.29) is 11.8 Å². The Hall–Kier alpha value is -2.60. The standard InChI is InChI=1S/C20H23N3O3/c24-19-4-1-9-23(19)17-7-5-16(6-8-17)20(25)22-12-10-21(11-13-22)15-18-3-2-14-26-18/h2-3,5-8,14H,1,4,9-13,15H2. The number of benzene rings is 1. The molecule has 0 spiro atoms. The van der Waals surface area contributed by atoms with E-state index in [0.717, 1.165) is 44.0 Å². The molecule has 2 saturated heterocycles. The van der Waals surface area contributed by atoms with Crippen LogP contribution in [0.4, 0.5) is 5.69 Å². The molecule has 0 saturated carbocycles. The van der Waals surface area contributed by atoms with Crippen molar-refractivity contribution in [3.05, 3.63) is 54.0 Å². The Bertz CT molecular complexity index is 762. The van der Waals surface area contributed by atoms with Crippen LogP contribution in [-0.2, 0) is 11.3 Å². The number of hydrogen-bond acceptors (Lipinski definition) is 4. The first kappa shape index (κ1) is 16.8. The predicted molar refractivity (Wildman–Crippen MR) is 97.9 cm³/mol. The van der Waals surface area contributed by atoms with E-state index < -0.39 is 0 Å². The van der Waals surface area contributed by atoms with Crippen molar-refractivity contribution in [2.45, 2.75) is 19.4 Å². The van der Waals surface area contributed by atoms with Gasteiger partial charge in [0.05, 0.1) is 12.8 Å². The van der Waals surface area contributed by atoms with Crippen LogP contribution in [0.25, 0.3) is 0 Å². The maximum atomic E-state index is 12.7. The summed E-state index contributed by atoms with van der Waals surface area (Å²) in [4.78, 5) is 30.5. The monoisotopic (exact) mass is 353 g/mol. The fourth-order valence-electron chi connectivity index (χ4n) is 3.62. The van der Waals surface area contributed by atoms with Crippen molar-refractivity contribution in [1.29, 1.82) is 0 Å². The molecule has 1 aromatic heterocycles. The van der Waals surface area contributed by atoms with Crippen molar-refractivity contribution < 1.29 is 14.0 Å². The number of carbonyl (C=O) groups excluding carboxylic acids is 2. The summed E-state index contributed by atoms with van der Waals surface area (Å²) >= 11 is 0. The van der Waals surface area contributed by atoms with Crippen LogP contribution in [-0.4, -0.2) is 54.3 Å². The summed E-state index contributed by atoms with van der Waals surface area (Å²) in [5, 5.41) is 0. The fraction of sp³-hybridized carbons (Fsp3) is 0.400. The summed E-state index contributed by atoms with van der Waals surface area (Å²) in [5.41, 5.74) is 1.56. The van der Waals surface area contributed by atoms with Gasteiger partial charge in [0, 0.05) is 50.4 Å². The maximum absolute atomic E-state index is 12.7. The number of furan rings is 1. The number of hydrogen-bond donors (Lipinski definition) is 0. The summed E-state index contributed by atoms with van der Waals surface area (Å²) in [5.74, 6) is 1.18. The van der Waals surface area contributed by atoms with Crippen LogP contribution in [0, 0.1) is 0 Å². The predicted octanol–water partition coefficient (Wildman–Crippen LogP) is 2.36. The quantitative estimate of drug-likeness (QED) is 0.847. The van der Waals surface area contributed by atoms with Crippen molar-refractivity contribution >= 4 is 17.5 Å². The van der Waals surface area contributed by atoms with Crippen LogP contribution >= 0.6 is 0 Å². The Balaban J connectivity index is 1.34. The van der Waals surface area contributed by atoms with Gasteiger partial charge in [0.2, 0.25) is 5.91 Å². The molecule has 0 radical (unpaired) electrons. The zero-order valence-corrected chi connectivity index (χ0v) is 14.8. The van der Waals surface area contributed by atoms with Crippen LogP contribution < -0.4 is 4.90 Å². The lowest BCUT2D eigenvalue weighted by Gasteiger charge is -2.34. The molecular formula is C20H23N3O3. The van der Waals surface area contributed by atoms with Crippen LogP contribution in [0.15, 0.2) is 47.1 Å². The van der Waals surface area contributed by atoms with Gasteiger partial charge in [0.25, 0.3) is 5.91 Å². The molecule has 0 bridgehead atoms. The normalized spacial score (nSPS) is 18.5. The summed E-state index contributed by atoms with van der Waals surface area (Å²) in [7, 11) is 0. The molecule has 6 heteroatoms. The van der Waals surface area contributed by atoms with E-state index in [4.69, 9.17) is 4.42 Å². The lowest BCUT2D eigenvalue weighted by atomic mass is 10.1. The zero-order valence-electron chi connectivity index (χ0n) is 14.8. The molecule has 2 aliphatic rings. The van der Waals surface area contributed by atoms with Gasteiger partial charge in [-0.25, -0.2) is 0 Å². The minimum atomic E-state index is 0.0574. The first-order chi connectivity index (χ1) is 12.7. The molecule has 0 N–H and O–H groups in total. The average Bonchev–Trinajstić information content (AvgIpc) is 3.34. The number of nitrogens with zero attached hydrogens (tertiary/aromatic N) is 3. The maximum Gasteiger partial charge on any atom is 0.253 e. The molecule has 1 aromatic carbocycles. The number of carbonyl (C=O) groups is 2. The molecule has 2 amide bonds. The van der Waals surface area contributed by atoms with Gasteiger partial charge in [-0.1, -0.05) is 0 Å². The van der Waals surface area contributed by atoms with Crippen molar-refractivity contribution in [2.75, 3.05) is 37.6 Å². The Morgan fingerprint density at radius 3 is 2.38 bits per heavy atom. The van der Waals surface area contributed by atoms with E-state index in [0.29, 0.717) is 25.1 Å². The molecule has 26 heavy (non-hydrogen) atoms. The van der Waals surface area contributed by atoms with Gasteiger partial charge in [-0.2, -0.15) is 0 Å².